The smallest absolute Gasteiger partial charge is 0.225 e. The van der Waals surface area contributed by atoms with Crippen molar-refractivity contribution < 1.29 is 13.9 Å². The molecule has 0 aliphatic heterocycles. The summed E-state index contributed by atoms with van der Waals surface area (Å²) >= 11 is 0. The van der Waals surface area contributed by atoms with E-state index >= 15 is 0 Å². The van der Waals surface area contributed by atoms with Gasteiger partial charge in [-0.3, -0.25) is 4.79 Å². The van der Waals surface area contributed by atoms with Gasteiger partial charge in [-0.15, -0.1) is 0 Å². The Morgan fingerprint density at radius 3 is 2.67 bits per heavy atom. The number of fused-ring (bicyclic) bond motifs is 1. The Hall–Kier alpha value is -3.67. The van der Waals surface area contributed by atoms with Crippen molar-refractivity contribution in [1.82, 2.24) is 9.38 Å². The molecule has 4 rings (SSSR count). The van der Waals surface area contributed by atoms with Crippen molar-refractivity contribution in [3.8, 4) is 5.75 Å². The highest BCUT2D eigenvalue weighted by Crippen LogP contribution is 2.35. The van der Waals surface area contributed by atoms with Crippen LogP contribution in [0.3, 0.4) is 0 Å². The van der Waals surface area contributed by atoms with Crippen molar-refractivity contribution in [2.75, 3.05) is 12.4 Å². The Morgan fingerprint density at radius 1 is 1.10 bits per heavy atom. The second-order valence-corrected chi connectivity index (χ2v) is 7.07. The number of aromatic nitrogens is 2. The van der Waals surface area contributed by atoms with Gasteiger partial charge in [0.25, 0.3) is 0 Å². The number of methoxy groups -OCH3 is 1. The number of anilines is 1. The maximum atomic E-state index is 14.0. The van der Waals surface area contributed by atoms with Crippen LogP contribution in [0.15, 0.2) is 72.9 Å². The zero-order valence-electron chi connectivity index (χ0n) is 16.8. The van der Waals surface area contributed by atoms with E-state index in [-0.39, 0.29) is 23.9 Å². The summed E-state index contributed by atoms with van der Waals surface area (Å²) in [6, 6.07) is 19.6. The van der Waals surface area contributed by atoms with Gasteiger partial charge in [0.15, 0.2) is 0 Å². The molecule has 0 fully saturated rings. The highest BCUT2D eigenvalue weighted by molar-refractivity contribution is 5.91. The number of imidazole rings is 1. The molecule has 0 aliphatic rings. The van der Waals surface area contributed by atoms with Crippen molar-refractivity contribution >= 4 is 17.2 Å². The average molecular weight is 403 g/mol. The molecule has 30 heavy (non-hydrogen) atoms. The van der Waals surface area contributed by atoms with Crippen LogP contribution in [-0.4, -0.2) is 22.4 Å². The zero-order valence-corrected chi connectivity index (χ0v) is 16.8. The second-order valence-electron chi connectivity index (χ2n) is 7.07. The molecule has 0 saturated carbocycles. The third-order valence-electron chi connectivity index (χ3n) is 5.16. The Morgan fingerprint density at radius 2 is 1.87 bits per heavy atom. The molecule has 2 heterocycles. The van der Waals surface area contributed by atoms with Gasteiger partial charge in [-0.25, -0.2) is 9.37 Å². The van der Waals surface area contributed by atoms with Gasteiger partial charge in [0.1, 0.15) is 17.2 Å². The predicted molar refractivity (Wildman–Crippen MR) is 114 cm³/mol. The molecule has 1 atom stereocenters. The maximum absolute atomic E-state index is 14.0. The van der Waals surface area contributed by atoms with E-state index in [9.17, 15) is 9.18 Å². The monoisotopic (exact) mass is 403 g/mol. The summed E-state index contributed by atoms with van der Waals surface area (Å²) in [5.41, 5.74) is 3.72. The molecule has 0 bridgehead atoms. The molecule has 0 aliphatic carbocycles. The number of carbonyl (C=O) groups excluding carboxylic acids is 1. The first-order valence-corrected chi connectivity index (χ1v) is 9.68. The molecule has 0 saturated heterocycles. The van der Waals surface area contributed by atoms with E-state index in [1.165, 1.54) is 6.07 Å². The standard InChI is InChI=1S/C24H22FN3O2/c1-16-8-7-13-23-26-15-21(28(16)23)18(17-9-3-6-12-22(17)30-2)14-24(29)27-20-11-5-4-10-19(20)25/h3-13,15,18H,14H2,1-2H3,(H,27,29). The van der Waals surface area contributed by atoms with Crippen LogP contribution in [0.1, 0.15) is 29.3 Å². The Labute approximate surface area is 174 Å². The predicted octanol–water partition coefficient (Wildman–Crippen LogP) is 4.95. The van der Waals surface area contributed by atoms with E-state index in [4.69, 9.17) is 4.74 Å². The number of benzene rings is 2. The Bertz CT molecular complexity index is 1200. The van der Waals surface area contributed by atoms with E-state index < -0.39 is 5.82 Å². The van der Waals surface area contributed by atoms with Crippen LogP contribution in [-0.2, 0) is 4.79 Å². The Balaban J connectivity index is 1.76. The molecule has 1 amide bonds. The number of para-hydroxylation sites is 2. The van der Waals surface area contributed by atoms with Crippen molar-refractivity contribution in [3.05, 3.63) is 95.7 Å². The average Bonchev–Trinajstić information content (AvgIpc) is 3.19. The van der Waals surface area contributed by atoms with Crippen molar-refractivity contribution in [1.29, 1.82) is 0 Å². The van der Waals surface area contributed by atoms with Crippen LogP contribution in [0.5, 0.6) is 5.75 Å². The summed E-state index contributed by atoms with van der Waals surface area (Å²) < 4.78 is 21.6. The topological polar surface area (TPSA) is 55.6 Å². The number of halogens is 1. The summed E-state index contributed by atoms with van der Waals surface area (Å²) in [6.07, 6.45) is 1.90. The van der Waals surface area contributed by atoms with E-state index in [2.05, 4.69) is 10.3 Å². The molecule has 2 aromatic heterocycles. The summed E-state index contributed by atoms with van der Waals surface area (Å²) in [7, 11) is 1.61. The maximum Gasteiger partial charge on any atom is 0.225 e. The largest absolute Gasteiger partial charge is 0.496 e. The minimum absolute atomic E-state index is 0.108. The van der Waals surface area contributed by atoms with Gasteiger partial charge in [-0.2, -0.15) is 0 Å². The van der Waals surface area contributed by atoms with Crippen LogP contribution < -0.4 is 10.1 Å². The third-order valence-corrected chi connectivity index (χ3v) is 5.16. The molecule has 2 aromatic carbocycles. The van der Waals surface area contributed by atoms with Crippen molar-refractivity contribution in [3.63, 3.8) is 0 Å². The number of rotatable bonds is 6. The van der Waals surface area contributed by atoms with E-state index in [0.717, 1.165) is 22.6 Å². The highest BCUT2D eigenvalue weighted by atomic mass is 19.1. The highest BCUT2D eigenvalue weighted by Gasteiger charge is 2.25. The Kier molecular flexibility index (Phi) is 5.48. The molecule has 152 valence electrons. The second kappa shape index (κ2) is 8.37. The number of carbonyl (C=O) groups is 1. The van der Waals surface area contributed by atoms with Gasteiger partial charge >= 0.3 is 0 Å². The van der Waals surface area contributed by atoms with E-state index in [1.54, 1.807) is 31.5 Å². The summed E-state index contributed by atoms with van der Waals surface area (Å²) in [5, 5.41) is 2.69. The summed E-state index contributed by atoms with van der Waals surface area (Å²) in [5.74, 6) is -0.404. The lowest BCUT2D eigenvalue weighted by atomic mass is 9.91. The lowest BCUT2D eigenvalue weighted by molar-refractivity contribution is -0.116. The minimum atomic E-state index is -0.467. The van der Waals surface area contributed by atoms with Gasteiger partial charge < -0.3 is 14.5 Å². The minimum Gasteiger partial charge on any atom is -0.496 e. The first-order chi connectivity index (χ1) is 14.6. The number of hydrogen-bond donors (Lipinski definition) is 1. The molecule has 6 heteroatoms. The molecule has 5 nitrogen and oxygen atoms in total. The number of ether oxygens (including phenoxy) is 1. The molecular weight excluding hydrogens is 381 g/mol. The van der Waals surface area contributed by atoms with Crippen LogP contribution in [0, 0.1) is 12.7 Å². The van der Waals surface area contributed by atoms with Gasteiger partial charge in [0.2, 0.25) is 5.91 Å². The number of hydrogen-bond acceptors (Lipinski definition) is 3. The molecule has 1 N–H and O–H groups in total. The van der Waals surface area contributed by atoms with Crippen LogP contribution in [0.4, 0.5) is 10.1 Å². The molecule has 0 spiro atoms. The summed E-state index contributed by atoms with van der Waals surface area (Å²) in [4.78, 5) is 17.4. The SMILES string of the molecule is COc1ccccc1C(CC(=O)Nc1ccccc1F)c1cnc2cccc(C)n12. The number of pyridine rings is 1. The fourth-order valence-electron chi connectivity index (χ4n) is 3.75. The van der Waals surface area contributed by atoms with Crippen molar-refractivity contribution in [2.24, 2.45) is 0 Å². The zero-order chi connectivity index (χ0) is 21.1. The first kappa shape index (κ1) is 19.6. The summed E-state index contributed by atoms with van der Waals surface area (Å²) in [6.45, 7) is 2.00. The first-order valence-electron chi connectivity index (χ1n) is 9.68. The fraction of sp³-hybridized carbons (Fsp3) is 0.167. The lowest BCUT2D eigenvalue weighted by Crippen LogP contribution is -2.18. The van der Waals surface area contributed by atoms with Gasteiger partial charge in [0, 0.05) is 29.8 Å². The number of amides is 1. The molecule has 1 unspecified atom stereocenters. The third kappa shape index (κ3) is 3.76. The van der Waals surface area contributed by atoms with Crippen LogP contribution in [0.2, 0.25) is 0 Å². The normalized spacial score (nSPS) is 12.0. The molecule has 0 radical (unpaired) electrons. The van der Waals surface area contributed by atoms with Crippen LogP contribution in [0.25, 0.3) is 5.65 Å². The number of nitrogens with zero attached hydrogens (tertiary/aromatic N) is 2. The van der Waals surface area contributed by atoms with Gasteiger partial charge in [0.05, 0.1) is 18.5 Å². The van der Waals surface area contributed by atoms with Gasteiger partial charge in [-0.1, -0.05) is 36.4 Å². The van der Waals surface area contributed by atoms with Crippen molar-refractivity contribution in [2.45, 2.75) is 19.3 Å². The van der Waals surface area contributed by atoms with Crippen LogP contribution >= 0.6 is 0 Å². The van der Waals surface area contributed by atoms with E-state index in [1.807, 2.05) is 53.8 Å². The molecular formula is C24H22FN3O2. The number of aryl methyl sites for hydroxylation is 1. The van der Waals surface area contributed by atoms with E-state index in [0.29, 0.717) is 5.75 Å². The quantitative estimate of drug-likeness (QED) is 0.496. The van der Waals surface area contributed by atoms with Gasteiger partial charge in [-0.05, 0) is 37.3 Å². The number of nitrogens with one attached hydrogen (secondary N) is 1. The lowest BCUT2D eigenvalue weighted by Gasteiger charge is -2.20. The molecule has 4 aromatic rings. The fourth-order valence-corrected chi connectivity index (χ4v) is 3.75.